The number of fused-ring (bicyclic) bond motifs is 1. The molecule has 1 unspecified atom stereocenters. The second-order valence-electron chi connectivity index (χ2n) is 8.32. The molecule has 7 nitrogen and oxygen atoms in total. The van der Waals surface area contributed by atoms with Crippen LogP contribution in [0.4, 0.5) is 4.79 Å². The first-order chi connectivity index (χ1) is 14.2. The van der Waals surface area contributed by atoms with E-state index in [1.54, 1.807) is 11.5 Å². The average molecular weight is 451 g/mol. The topological polar surface area (TPSA) is 93.1 Å². The number of carbonyl (C=O) groups is 2. The third-order valence-electron chi connectivity index (χ3n) is 5.45. The Morgan fingerprint density at radius 3 is 2.53 bits per heavy atom. The molecule has 2 N–H and O–H groups in total. The fourth-order valence-corrected chi connectivity index (χ4v) is 5.67. The summed E-state index contributed by atoms with van der Waals surface area (Å²) in [5.41, 5.74) is 0.974. The van der Waals surface area contributed by atoms with Gasteiger partial charge in [-0.05, 0) is 45.1 Å². The lowest BCUT2D eigenvalue weighted by atomic mass is 10.2. The van der Waals surface area contributed by atoms with Crippen LogP contribution in [-0.2, 0) is 4.79 Å². The monoisotopic (exact) mass is 450 g/mol. The summed E-state index contributed by atoms with van der Waals surface area (Å²) in [6.45, 7) is 10.2. The van der Waals surface area contributed by atoms with Crippen LogP contribution in [0.15, 0.2) is 9.95 Å². The van der Waals surface area contributed by atoms with Gasteiger partial charge in [-0.2, -0.15) is 0 Å². The van der Waals surface area contributed by atoms with Crippen molar-refractivity contribution in [1.82, 2.24) is 20.2 Å². The molecule has 1 saturated carbocycles. The summed E-state index contributed by atoms with van der Waals surface area (Å²) in [6.07, 6.45) is 4.07. The van der Waals surface area contributed by atoms with Gasteiger partial charge in [-0.3, -0.25) is 19.5 Å². The van der Waals surface area contributed by atoms with Crippen molar-refractivity contribution in [1.29, 1.82) is 0 Å². The summed E-state index contributed by atoms with van der Waals surface area (Å²) in [5.74, 6) is -0.0979. The van der Waals surface area contributed by atoms with Gasteiger partial charge in [0.2, 0.25) is 5.91 Å². The molecule has 0 bridgehead atoms. The Hall–Kier alpha value is -1.87. The van der Waals surface area contributed by atoms with Crippen LogP contribution in [-0.4, -0.2) is 33.3 Å². The number of hydrogen-bond acceptors (Lipinski definition) is 6. The van der Waals surface area contributed by atoms with Crippen molar-refractivity contribution in [3.8, 4) is 0 Å². The molecule has 0 radical (unpaired) electrons. The van der Waals surface area contributed by atoms with Gasteiger partial charge in [0.25, 0.3) is 5.56 Å². The van der Waals surface area contributed by atoms with Gasteiger partial charge in [-0.25, -0.2) is 9.78 Å². The number of thioether (sulfide) groups is 1. The zero-order chi connectivity index (χ0) is 22.0. The molecule has 1 aliphatic rings. The number of carbonyl (C=O) groups excluding carboxylic acids is 2. The third kappa shape index (κ3) is 4.88. The normalized spacial score (nSPS) is 15.7. The molecule has 1 fully saturated rings. The number of thiophene rings is 1. The number of aromatic nitrogens is 2. The van der Waals surface area contributed by atoms with E-state index in [-0.39, 0.29) is 11.6 Å². The van der Waals surface area contributed by atoms with Crippen LogP contribution in [0.5, 0.6) is 0 Å². The number of nitrogens with one attached hydrogen (secondary N) is 2. The number of aryl methyl sites for hydroxylation is 2. The average Bonchev–Trinajstić information content (AvgIpc) is 3.29. The molecule has 0 aromatic carbocycles. The van der Waals surface area contributed by atoms with E-state index in [2.05, 4.69) is 10.6 Å². The van der Waals surface area contributed by atoms with E-state index in [1.165, 1.54) is 23.1 Å². The zero-order valence-corrected chi connectivity index (χ0v) is 19.8. The maximum atomic E-state index is 13.4. The fourth-order valence-electron chi connectivity index (χ4n) is 3.62. The van der Waals surface area contributed by atoms with E-state index in [1.807, 2.05) is 27.7 Å². The Labute approximate surface area is 185 Å². The summed E-state index contributed by atoms with van der Waals surface area (Å²) >= 11 is 2.75. The van der Waals surface area contributed by atoms with Crippen molar-refractivity contribution in [3.63, 3.8) is 0 Å². The molecule has 2 aromatic rings. The van der Waals surface area contributed by atoms with Gasteiger partial charge >= 0.3 is 6.03 Å². The van der Waals surface area contributed by atoms with Gasteiger partial charge in [-0.15, -0.1) is 11.3 Å². The molecule has 3 amide bonds. The van der Waals surface area contributed by atoms with Crippen molar-refractivity contribution in [2.75, 3.05) is 6.54 Å². The lowest BCUT2D eigenvalue weighted by Gasteiger charge is -2.20. The lowest BCUT2D eigenvalue weighted by molar-refractivity contribution is -0.119. The van der Waals surface area contributed by atoms with Crippen LogP contribution in [0, 0.1) is 19.8 Å². The van der Waals surface area contributed by atoms with Crippen LogP contribution in [0.1, 0.15) is 62.9 Å². The predicted molar refractivity (Wildman–Crippen MR) is 123 cm³/mol. The minimum Gasteiger partial charge on any atom is -0.338 e. The van der Waals surface area contributed by atoms with E-state index in [0.29, 0.717) is 27.8 Å². The maximum Gasteiger partial charge on any atom is 0.321 e. The van der Waals surface area contributed by atoms with Crippen molar-refractivity contribution in [2.24, 2.45) is 5.92 Å². The molecule has 2 heterocycles. The first kappa shape index (κ1) is 22.8. The second-order valence-corrected chi connectivity index (χ2v) is 10.8. The predicted octanol–water partition coefficient (Wildman–Crippen LogP) is 4.15. The fraction of sp³-hybridized carbons (Fsp3) is 0.619. The molecule has 2 aromatic heterocycles. The Balaban J connectivity index is 1.87. The molecule has 9 heteroatoms. The highest BCUT2D eigenvalue weighted by Gasteiger charge is 2.27. The number of imide groups is 1. The van der Waals surface area contributed by atoms with E-state index in [0.717, 1.165) is 36.1 Å². The van der Waals surface area contributed by atoms with Gasteiger partial charge in [0.1, 0.15) is 4.83 Å². The number of amides is 3. The first-order valence-corrected chi connectivity index (χ1v) is 12.2. The van der Waals surface area contributed by atoms with Gasteiger partial charge in [0.05, 0.1) is 10.6 Å². The van der Waals surface area contributed by atoms with Crippen LogP contribution < -0.4 is 16.2 Å². The molecule has 1 aliphatic carbocycles. The van der Waals surface area contributed by atoms with Crippen molar-refractivity contribution in [2.45, 2.75) is 76.8 Å². The summed E-state index contributed by atoms with van der Waals surface area (Å²) in [4.78, 5) is 44.5. The summed E-state index contributed by atoms with van der Waals surface area (Å²) in [5, 5.41) is 5.76. The van der Waals surface area contributed by atoms with Gasteiger partial charge in [0.15, 0.2) is 5.16 Å². The van der Waals surface area contributed by atoms with Gasteiger partial charge in [-0.1, -0.05) is 38.5 Å². The SMILES string of the molecule is Cc1sc2nc(SC(C)C(=O)NC(=O)NCC(C)C)n(C3CCCC3)c(=O)c2c1C. The first-order valence-electron chi connectivity index (χ1n) is 10.5. The number of urea groups is 1. The number of hydrogen-bond donors (Lipinski definition) is 2. The van der Waals surface area contributed by atoms with Crippen molar-refractivity contribution >= 4 is 45.3 Å². The Kier molecular flexibility index (Phi) is 7.23. The molecule has 1 atom stereocenters. The smallest absolute Gasteiger partial charge is 0.321 e. The number of nitrogens with zero attached hydrogens (tertiary/aromatic N) is 2. The second kappa shape index (κ2) is 9.51. The Bertz CT molecular complexity index is 1010. The standard InChI is InChI=1S/C21H30N4O3S2/c1-11(2)10-22-20(28)23-17(26)14(5)30-21-24-18-16(12(3)13(4)29-18)19(27)25(21)15-8-6-7-9-15/h11,14-15H,6-10H2,1-5H3,(H2,22,23,26,28). The molecule has 0 aliphatic heterocycles. The van der Waals surface area contributed by atoms with E-state index in [9.17, 15) is 14.4 Å². The minimum atomic E-state index is -0.561. The molecular formula is C21H30N4O3S2. The third-order valence-corrected chi connectivity index (χ3v) is 7.62. The molecule has 164 valence electrons. The Morgan fingerprint density at radius 2 is 1.90 bits per heavy atom. The maximum absolute atomic E-state index is 13.4. The summed E-state index contributed by atoms with van der Waals surface area (Å²) in [6, 6.07) is -0.386. The quantitative estimate of drug-likeness (QED) is 0.509. The number of rotatable bonds is 6. The van der Waals surface area contributed by atoms with Crippen LogP contribution >= 0.6 is 23.1 Å². The van der Waals surface area contributed by atoms with E-state index in [4.69, 9.17) is 4.98 Å². The molecule has 0 saturated heterocycles. The largest absolute Gasteiger partial charge is 0.338 e. The summed E-state index contributed by atoms with van der Waals surface area (Å²) in [7, 11) is 0. The zero-order valence-electron chi connectivity index (χ0n) is 18.2. The van der Waals surface area contributed by atoms with Gasteiger partial charge in [0, 0.05) is 17.5 Å². The molecule has 3 rings (SSSR count). The molecule has 30 heavy (non-hydrogen) atoms. The lowest BCUT2D eigenvalue weighted by Crippen LogP contribution is -2.43. The molecule has 0 spiro atoms. The highest BCUT2D eigenvalue weighted by atomic mass is 32.2. The van der Waals surface area contributed by atoms with Crippen LogP contribution in [0.25, 0.3) is 10.2 Å². The van der Waals surface area contributed by atoms with E-state index < -0.39 is 17.2 Å². The van der Waals surface area contributed by atoms with Gasteiger partial charge < -0.3 is 5.32 Å². The van der Waals surface area contributed by atoms with Crippen molar-refractivity contribution in [3.05, 3.63) is 20.8 Å². The van der Waals surface area contributed by atoms with Crippen LogP contribution in [0.2, 0.25) is 0 Å². The highest BCUT2D eigenvalue weighted by Crippen LogP contribution is 2.35. The summed E-state index contributed by atoms with van der Waals surface area (Å²) < 4.78 is 1.79. The molecular weight excluding hydrogens is 420 g/mol. The van der Waals surface area contributed by atoms with E-state index >= 15 is 0 Å². The highest BCUT2D eigenvalue weighted by molar-refractivity contribution is 8.00. The minimum absolute atomic E-state index is 0.0152. The van der Waals surface area contributed by atoms with Crippen molar-refractivity contribution < 1.29 is 9.59 Å². The Morgan fingerprint density at radius 1 is 1.23 bits per heavy atom. The van der Waals surface area contributed by atoms with Crippen LogP contribution in [0.3, 0.4) is 0 Å².